The minimum atomic E-state index is -4.59. The maximum Gasteiger partial charge on any atom is 0.426 e. The Bertz CT molecular complexity index is 721. The Hall–Kier alpha value is -2.78. The van der Waals surface area contributed by atoms with E-state index in [0.717, 1.165) is 0 Å². The van der Waals surface area contributed by atoms with E-state index in [0.29, 0.717) is 5.56 Å². The Labute approximate surface area is 155 Å². The Balaban J connectivity index is 2.06. The van der Waals surface area contributed by atoms with E-state index >= 15 is 0 Å². The molecule has 1 N–H and O–H groups in total. The highest BCUT2D eigenvalue weighted by Crippen LogP contribution is 2.35. The van der Waals surface area contributed by atoms with Crippen LogP contribution in [0.2, 0.25) is 0 Å². The zero-order valence-corrected chi connectivity index (χ0v) is 14.5. The first kappa shape index (κ1) is 20.5. The van der Waals surface area contributed by atoms with Gasteiger partial charge in [0.1, 0.15) is 5.75 Å². The summed E-state index contributed by atoms with van der Waals surface area (Å²) in [7, 11) is 0. The number of amides is 1. The molecule has 1 aromatic carbocycles. The number of nitrogens with one attached hydrogen (secondary N) is 1. The number of nitriles is 2. The SMILES string of the molecule is N#CCCN(CCC#N)C(=O)CN[C@@H]1Cc2ccccc2O[C@H]1C(F)(F)F. The zero-order valence-electron chi connectivity index (χ0n) is 14.5. The average molecular weight is 380 g/mol. The lowest BCUT2D eigenvalue weighted by Gasteiger charge is -2.35. The Morgan fingerprint density at radius 3 is 2.44 bits per heavy atom. The summed E-state index contributed by atoms with van der Waals surface area (Å²) in [6.07, 6.45) is -6.41. The highest BCUT2D eigenvalue weighted by Gasteiger charge is 2.49. The molecule has 0 aromatic heterocycles. The number of carbonyl (C=O) groups excluding carboxylic acids is 1. The van der Waals surface area contributed by atoms with Gasteiger partial charge >= 0.3 is 6.18 Å². The second-order valence-electron chi connectivity index (χ2n) is 6.08. The van der Waals surface area contributed by atoms with Gasteiger partial charge in [-0.1, -0.05) is 18.2 Å². The third-order valence-electron chi connectivity index (χ3n) is 4.21. The van der Waals surface area contributed by atoms with Gasteiger partial charge in [0.25, 0.3) is 0 Å². The number of fused-ring (bicyclic) bond motifs is 1. The second kappa shape index (κ2) is 9.24. The van der Waals surface area contributed by atoms with E-state index in [4.69, 9.17) is 15.3 Å². The molecule has 9 heteroatoms. The van der Waals surface area contributed by atoms with Crippen molar-refractivity contribution < 1.29 is 22.7 Å². The average Bonchev–Trinajstić information content (AvgIpc) is 2.64. The molecule has 0 fully saturated rings. The predicted molar refractivity (Wildman–Crippen MR) is 89.4 cm³/mol. The monoisotopic (exact) mass is 380 g/mol. The maximum atomic E-state index is 13.4. The van der Waals surface area contributed by atoms with Gasteiger partial charge in [-0.3, -0.25) is 4.79 Å². The van der Waals surface area contributed by atoms with Crippen LogP contribution in [0.15, 0.2) is 24.3 Å². The van der Waals surface area contributed by atoms with Crippen molar-refractivity contribution in [1.29, 1.82) is 10.5 Å². The smallest absolute Gasteiger partial charge is 0.426 e. The fourth-order valence-corrected chi connectivity index (χ4v) is 2.89. The van der Waals surface area contributed by atoms with E-state index in [9.17, 15) is 18.0 Å². The minimum Gasteiger partial charge on any atom is -0.479 e. The maximum absolute atomic E-state index is 13.4. The number of ether oxygens (including phenoxy) is 1. The summed E-state index contributed by atoms with van der Waals surface area (Å²) in [5, 5.41) is 20.0. The molecule has 1 heterocycles. The van der Waals surface area contributed by atoms with Gasteiger partial charge in [0.2, 0.25) is 12.0 Å². The molecule has 0 unspecified atom stereocenters. The van der Waals surface area contributed by atoms with Gasteiger partial charge in [0, 0.05) is 13.1 Å². The summed E-state index contributed by atoms with van der Waals surface area (Å²) < 4.78 is 45.2. The molecule has 1 aliphatic heterocycles. The molecular formula is C18H19F3N4O2. The Kier molecular flexibility index (Phi) is 7.03. The predicted octanol–water partition coefficient (Wildman–Crippen LogP) is 2.17. The minimum absolute atomic E-state index is 0.0734. The highest BCUT2D eigenvalue weighted by molar-refractivity contribution is 5.78. The number of benzene rings is 1. The second-order valence-corrected chi connectivity index (χ2v) is 6.08. The van der Waals surface area contributed by atoms with Crippen molar-refractivity contribution in [2.24, 2.45) is 0 Å². The van der Waals surface area contributed by atoms with Crippen LogP contribution in [0.4, 0.5) is 13.2 Å². The first-order chi connectivity index (χ1) is 12.9. The number of hydrogen-bond acceptors (Lipinski definition) is 5. The van der Waals surface area contributed by atoms with Gasteiger partial charge in [-0.25, -0.2) is 0 Å². The van der Waals surface area contributed by atoms with Gasteiger partial charge < -0.3 is 15.0 Å². The Morgan fingerprint density at radius 2 is 1.85 bits per heavy atom. The van der Waals surface area contributed by atoms with Crippen LogP contribution in [-0.2, 0) is 11.2 Å². The molecule has 0 radical (unpaired) electrons. The molecule has 0 spiro atoms. The Morgan fingerprint density at radius 1 is 1.22 bits per heavy atom. The molecule has 2 rings (SSSR count). The molecule has 1 aliphatic rings. The largest absolute Gasteiger partial charge is 0.479 e. The molecular weight excluding hydrogens is 361 g/mol. The van der Waals surface area contributed by atoms with Crippen molar-refractivity contribution in [3.8, 4) is 17.9 Å². The fourth-order valence-electron chi connectivity index (χ4n) is 2.89. The lowest BCUT2D eigenvalue weighted by atomic mass is 9.96. The molecule has 1 amide bonds. The van der Waals surface area contributed by atoms with Crippen LogP contribution in [0.1, 0.15) is 18.4 Å². The summed E-state index contributed by atoms with van der Waals surface area (Å²) in [6.45, 7) is -0.0730. The molecule has 0 bridgehead atoms. The van der Waals surface area contributed by atoms with Crippen LogP contribution < -0.4 is 10.1 Å². The van der Waals surface area contributed by atoms with E-state index in [2.05, 4.69) is 5.32 Å². The molecule has 1 aromatic rings. The van der Waals surface area contributed by atoms with E-state index in [1.165, 1.54) is 11.0 Å². The van der Waals surface area contributed by atoms with Crippen molar-refractivity contribution in [3.05, 3.63) is 29.8 Å². The van der Waals surface area contributed by atoms with Crippen LogP contribution in [0, 0.1) is 22.7 Å². The molecule has 0 aliphatic carbocycles. The van der Waals surface area contributed by atoms with E-state index < -0.39 is 24.2 Å². The standard InChI is InChI=1S/C18H19F3N4O2/c19-18(20,21)17-14(11-13-5-1-2-6-15(13)27-17)24-12-16(26)25(9-3-7-22)10-4-8-23/h1-2,5-6,14,17,24H,3-4,9-12H2/t14-,17-/m1/s1. The third-order valence-corrected chi connectivity index (χ3v) is 4.21. The van der Waals surface area contributed by atoms with E-state index in [-0.39, 0.29) is 44.6 Å². The first-order valence-corrected chi connectivity index (χ1v) is 8.43. The van der Waals surface area contributed by atoms with Crippen molar-refractivity contribution in [1.82, 2.24) is 10.2 Å². The number of nitrogens with zero attached hydrogens (tertiary/aromatic N) is 3. The number of carbonyl (C=O) groups is 1. The molecule has 6 nitrogen and oxygen atoms in total. The van der Waals surface area contributed by atoms with E-state index in [1.54, 1.807) is 18.2 Å². The number of rotatable bonds is 7. The normalized spacial score (nSPS) is 18.6. The summed E-state index contributed by atoms with van der Waals surface area (Å²) in [4.78, 5) is 13.6. The molecule has 27 heavy (non-hydrogen) atoms. The third kappa shape index (κ3) is 5.60. The summed E-state index contributed by atoms with van der Waals surface area (Å²) in [5.41, 5.74) is 0.633. The molecule has 144 valence electrons. The lowest BCUT2D eigenvalue weighted by Crippen LogP contribution is -2.56. The summed E-state index contributed by atoms with van der Waals surface area (Å²) >= 11 is 0. The first-order valence-electron chi connectivity index (χ1n) is 8.43. The van der Waals surface area contributed by atoms with Crippen LogP contribution in [0.5, 0.6) is 5.75 Å². The number of hydrogen-bond donors (Lipinski definition) is 1. The zero-order chi connectivity index (χ0) is 19.9. The number of halogens is 3. The lowest BCUT2D eigenvalue weighted by molar-refractivity contribution is -0.206. The summed E-state index contributed by atoms with van der Waals surface area (Å²) in [6, 6.07) is 9.19. The van der Waals surface area contributed by atoms with Gasteiger partial charge in [-0.15, -0.1) is 0 Å². The molecule has 2 atom stereocenters. The van der Waals surface area contributed by atoms with Crippen molar-refractivity contribution in [2.45, 2.75) is 37.6 Å². The van der Waals surface area contributed by atoms with Crippen LogP contribution >= 0.6 is 0 Å². The van der Waals surface area contributed by atoms with E-state index in [1.807, 2.05) is 12.1 Å². The molecule has 0 saturated heterocycles. The van der Waals surface area contributed by atoms with Crippen LogP contribution in [0.25, 0.3) is 0 Å². The van der Waals surface area contributed by atoms with Crippen molar-refractivity contribution >= 4 is 5.91 Å². The van der Waals surface area contributed by atoms with Gasteiger partial charge in [-0.2, -0.15) is 23.7 Å². The van der Waals surface area contributed by atoms with Crippen LogP contribution in [0.3, 0.4) is 0 Å². The number of alkyl halides is 3. The topological polar surface area (TPSA) is 89.2 Å². The van der Waals surface area contributed by atoms with Crippen molar-refractivity contribution in [3.63, 3.8) is 0 Å². The number of para-hydroxylation sites is 1. The van der Waals surface area contributed by atoms with Gasteiger partial charge in [-0.05, 0) is 18.1 Å². The van der Waals surface area contributed by atoms with Crippen molar-refractivity contribution in [2.75, 3.05) is 19.6 Å². The van der Waals surface area contributed by atoms with Gasteiger partial charge in [0.05, 0.1) is 37.6 Å². The summed E-state index contributed by atoms with van der Waals surface area (Å²) in [5.74, 6) is -0.269. The fraction of sp³-hybridized carbons (Fsp3) is 0.500. The van der Waals surface area contributed by atoms with Gasteiger partial charge in [0.15, 0.2) is 0 Å². The van der Waals surface area contributed by atoms with Crippen LogP contribution in [-0.4, -0.2) is 48.8 Å². The molecule has 0 saturated carbocycles. The highest BCUT2D eigenvalue weighted by atomic mass is 19.4. The quantitative estimate of drug-likeness (QED) is 0.783.